The Bertz CT molecular complexity index is 1240. The summed E-state index contributed by atoms with van der Waals surface area (Å²) < 4.78 is 34.2. The van der Waals surface area contributed by atoms with Crippen LogP contribution in [0, 0.1) is 19.8 Å². The van der Waals surface area contributed by atoms with Crippen LogP contribution in [0.4, 0.5) is 11.5 Å². The standard InChI is InChI=1S/C25H30N4O3S/c1-17-10-12-29(13-11-17)25-9-8-22(26-27-25)20-6-5-7-21(16-20)28-33(30,31)24-15-19(3)18(2)14-23(24)32-4/h5-9,14-17,28H,10-13H2,1-4H3. The van der Waals surface area contributed by atoms with E-state index in [0.29, 0.717) is 17.1 Å². The van der Waals surface area contributed by atoms with Gasteiger partial charge in [-0.05, 0) is 80.1 Å². The molecule has 33 heavy (non-hydrogen) atoms. The molecular formula is C25H30N4O3S. The number of anilines is 2. The summed E-state index contributed by atoms with van der Waals surface area (Å²) in [7, 11) is -2.37. The molecule has 1 aromatic heterocycles. The lowest BCUT2D eigenvalue weighted by atomic mass is 9.99. The van der Waals surface area contributed by atoms with Crippen molar-refractivity contribution in [1.82, 2.24) is 10.2 Å². The number of aromatic nitrogens is 2. The highest BCUT2D eigenvalue weighted by molar-refractivity contribution is 7.92. The quantitative estimate of drug-likeness (QED) is 0.561. The maximum Gasteiger partial charge on any atom is 0.265 e. The van der Waals surface area contributed by atoms with Crippen molar-refractivity contribution in [2.24, 2.45) is 5.92 Å². The molecule has 0 amide bonds. The predicted molar refractivity (Wildman–Crippen MR) is 131 cm³/mol. The molecule has 0 bridgehead atoms. The molecular weight excluding hydrogens is 436 g/mol. The van der Waals surface area contributed by atoms with Crippen molar-refractivity contribution in [2.45, 2.75) is 38.5 Å². The molecule has 1 fully saturated rings. The van der Waals surface area contributed by atoms with E-state index < -0.39 is 10.0 Å². The summed E-state index contributed by atoms with van der Waals surface area (Å²) in [6.45, 7) is 8.07. The van der Waals surface area contributed by atoms with E-state index in [1.807, 2.05) is 32.0 Å². The Morgan fingerprint density at radius 1 is 1.00 bits per heavy atom. The van der Waals surface area contributed by atoms with Crippen molar-refractivity contribution in [1.29, 1.82) is 0 Å². The van der Waals surface area contributed by atoms with Gasteiger partial charge in [-0.1, -0.05) is 19.1 Å². The smallest absolute Gasteiger partial charge is 0.265 e. The van der Waals surface area contributed by atoms with Crippen LogP contribution in [0.1, 0.15) is 30.9 Å². The normalized spacial score (nSPS) is 14.8. The van der Waals surface area contributed by atoms with Crippen LogP contribution in [-0.4, -0.2) is 38.8 Å². The number of hydrogen-bond donors (Lipinski definition) is 1. The first kappa shape index (κ1) is 23.0. The van der Waals surface area contributed by atoms with E-state index >= 15 is 0 Å². The number of methoxy groups -OCH3 is 1. The van der Waals surface area contributed by atoms with Crippen LogP contribution < -0.4 is 14.4 Å². The average Bonchev–Trinajstić information content (AvgIpc) is 2.81. The molecule has 0 atom stereocenters. The fourth-order valence-electron chi connectivity index (χ4n) is 3.97. The van der Waals surface area contributed by atoms with Crippen LogP contribution in [0.15, 0.2) is 53.4 Å². The van der Waals surface area contributed by atoms with Gasteiger partial charge in [0, 0.05) is 24.3 Å². The maximum atomic E-state index is 13.1. The van der Waals surface area contributed by atoms with E-state index in [4.69, 9.17) is 4.74 Å². The van der Waals surface area contributed by atoms with E-state index in [0.717, 1.165) is 54.4 Å². The largest absolute Gasteiger partial charge is 0.495 e. The number of nitrogens with zero attached hydrogens (tertiary/aromatic N) is 3. The number of piperidine rings is 1. The highest BCUT2D eigenvalue weighted by Crippen LogP contribution is 2.30. The first-order valence-corrected chi connectivity index (χ1v) is 12.6. The third kappa shape index (κ3) is 5.11. The van der Waals surface area contributed by atoms with Gasteiger partial charge >= 0.3 is 0 Å². The minimum Gasteiger partial charge on any atom is -0.495 e. The van der Waals surface area contributed by atoms with Gasteiger partial charge in [-0.2, -0.15) is 0 Å². The molecule has 1 saturated heterocycles. The molecule has 0 aliphatic carbocycles. The Kier molecular flexibility index (Phi) is 6.56. The number of aryl methyl sites for hydroxylation is 2. The molecule has 7 nitrogen and oxygen atoms in total. The highest BCUT2D eigenvalue weighted by atomic mass is 32.2. The van der Waals surface area contributed by atoms with E-state index in [1.165, 1.54) is 7.11 Å². The van der Waals surface area contributed by atoms with Gasteiger partial charge in [0.1, 0.15) is 10.6 Å². The van der Waals surface area contributed by atoms with Gasteiger partial charge in [-0.15, -0.1) is 10.2 Å². The minimum atomic E-state index is -3.84. The monoisotopic (exact) mass is 466 g/mol. The molecule has 2 heterocycles. The van der Waals surface area contributed by atoms with Crippen LogP contribution in [0.25, 0.3) is 11.3 Å². The van der Waals surface area contributed by atoms with Crippen molar-refractivity contribution in [2.75, 3.05) is 29.8 Å². The SMILES string of the molecule is COc1cc(C)c(C)cc1S(=O)(=O)Nc1cccc(-c2ccc(N3CCC(C)CC3)nn2)c1. The molecule has 1 N–H and O–H groups in total. The summed E-state index contributed by atoms with van der Waals surface area (Å²) >= 11 is 0. The Labute approximate surface area is 195 Å². The van der Waals surface area contributed by atoms with Gasteiger partial charge in [0.05, 0.1) is 12.8 Å². The Morgan fingerprint density at radius 3 is 2.39 bits per heavy atom. The van der Waals surface area contributed by atoms with Crippen LogP contribution in [0.3, 0.4) is 0 Å². The molecule has 1 aliphatic rings. The number of benzene rings is 2. The van der Waals surface area contributed by atoms with E-state index in [2.05, 4.69) is 26.7 Å². The average molecular weight is 467 g/mol. The lowest BCUT2D eigenvalue weighted by Gasteiger charge is -2.30. The van der Waals surface area contributed by atoms with E-state index in [-0.39, 0.29) is 4.90 Å². The van der Waals surface area contributed by atoms with Gasteiger partial charge in [-0.25, -0.2) is 8.42 Å². The lowest BCUT2D eigenvalue weighted by Crippen LogP contribution is -2.33. The molecule has 8 heteroatoms. The van der Waals surface area contributed by atoms with Crippen LogP contribution in [-0.2, 0) is 10.0 Å². The second-order valence-electron chi connectivity index (χ2n) is 8.72. The van der Waals surface area contributed by atoms with Gasteiger partial charge in [0.15, 0.2) is 5.82 Å². The van der Waals surface area contributed by atoms with Gasteiger partial charge in [-0.3, -0.25) is 4.72 Å². The third-order valence-electron chi connectivity index (χ3n) is 6.24. The van der Waals surface area contributed by atoms with Crippen molar-refractivity contribution < 1.29 is 13.2 Å². The number of nitrogens with one attached hydrogen (secondary N) is 1. The molecule has 4 rings (SSSR count). The molecule has 1 aliphatic heterocycles. The minimum absolute atomic E-state index is 0.110. The number of hydrogen-bond acceptors (Lipinski definition) is 6. The van der Waals surface area contributed by atoms with Gasteiger partial charge in [0.2, 0.25) is 0 Å². The van der Waals surface area contributed by atoms with Crippen LogP contribution in [0.5, 0.6) is 5.75 Å². The fraction of sp³-hybridized carbons (Fsp3) is 0.360. The third-order valence-corrected chi connectivity index (χ3v) is 7.64. The fourth-order valence-corrected chi connectivity index (χ4v) is 5.26. The second-order valence-corrected chi connectivity index (χ2v) is 10.4. The molecule has 0 radical (unpaired) electrons. The topological polar surface area (TPSA) is 84.4 Å². The van der Waals surface area contributed by atoms with E-state index in [9.17, 15) is 8.42 Å². The first-order chi connectivity index (χ1) is 15.8. The van der Waals surface area contributed by atoms with Crippen molar-refractivity contribution in [3.8, 4) is 17.0 Å². The van der Waals surface area contributed by atoms with Crippen LogP contribution >= 0.6 is 0 Å². The predicted octanol–water partition coefficient (Wildman–Crippen LogP) is 4.81. The van der Waals surface area contributed by atoms with Gasteiger partial charge < -0.3 is 9.64 Å². The zero-order chi connectivity index (χ0) is 23.6. The molecule has 3 aromatic rings. The van der Waals surface area contributed by atoms with Crippen molar-refractivity contribution >= 4 is 21.5 Å². The second kappa shape index (κ2) is 9.39. The summed E-state index contributed by atoms with van der Waals surface area (Å²) in [5, 5.41) is 8.82. The lowest BCUT2D eigenvalue weighted by molar-refractivity contribution is 0.402. The summed E-state index contributed by atoms with van der Waals surface area (Å²) in [4.78, 5) is 2.37. The number of ether oxygens (including phenoxy) is 1. The van der Waals surface area contributed by atoms with Crippen LogP contribution in [0.2, 0.25) is 0 Å². The summed E-state index contributed by atoms with van der Waals surface area (Å²) in [6.07, 6.45) is 2.33. The Balaban J connectivity index is 1.55. The highest BCUT2D eigenvalue weighted by Gasteiger charge is 2.21. The Hall–Kier alpha value is -3.13. The molecule has 0 saturated carbocycles. The summed E-state index contributed by atoms with van der Waals surface area (Å²) in [5.41, 5.74) is 3.77. The number of rotatable bonds is 6. The summed E-state index contributed by atoms with van der Waals surface area (Å²) in [5.74, 6) is 1.95. The van der Waals surface area contributed by atoms with Crippen molar-refractivity contribution in [3.05, 3.63) is 59.7 Å². The molecule has 2 aromatic carbocycles. The molecule has 174 valence electrons. The maximum absolute atomic E-state index is 13.1. The molecule has 0 unspecified atom stereocenters. The first-order valence-electron chi connectivity index (χ1n) is 11.1. The van der Waals surface area contributed by atoms with Gasteiger partial charge in [0.25, 0.3) is 10.0 Å². The number of sulfonamides is 1. The zero-order valence-electron chi connectivity index (χ0n) is 19.5. The zero-order valence-corrected chi connectivity index (χ0v) is 20.3. The van der Waals surface area contributed by atoms with E-state index in [1.54, 1.807) is 30.3 Å². The molecule has 0 spiro atoms. The Morgan fingerprint density at radius 2 is 1.73 bits per heavy atom. The summed E-state index contributed by atoms with van der Waals surface area (Å²) in [6, 6.07) is 14.4. The van der Waals surface area contributed by atoms with Crippen molar-refractivity contribution in [3.63, 3.8) is 0 Å².